The highest BCUT2D eigenvalue weighted by Gasteiger charge is 2.45. The monoisotopic (exact) mass is 241 g/mol. The second-order valence-corrected chi connectivity index (χ2v) is 5.91. The lowest BCUT2D eigenvalue weighted by Crippen LogP contribution is -2.24. The van der Waals surface area contributed by atoms with Gasteiger partial charge in [-0.3, -0.25) is 0 Å². The number of nitrogens with zero attached hydrogens (tertiary/aromatic N) is 1. The van der Waals surface area contributed by atoms with E-state index in [1.807, 2.05) is 25.1 Å². The third-order valence-corrected chi connectivity index (χ3v) is 4.57. The standard InChI is InChI=1S/C16H19NO/c1-12-10-15(3-2-13(12)11-17)18-14-4-6-16(7-5-14)8-9-16/h2-3,10,14H,4-9H2,1H3. The molecular formula is C16H19NO. The Morgan fingerprint density at radius 3 is 2.50 bits per heavy atom. The van der Waals surface area contributed by atoms with Crippen molar-refractivity contribution in [2.24, 2.45) is 5.41 Å². The SMILES string of the molecule is Cc1cc(OC2CCC3(CC2)CC3)ccc1C#N. The molecule has 0 radical (unpaired) electrons. The summed E-state index contributed by atoms with van der Waals surface area (Å²) in [5.74, 6) is 0.920. The molecule has 2 aliphatic rings. The average Bonchev–Trinajstić information content (AvgIpc) is 3.13. The van der Waals surface area contributed by atoms with Gasteiger partial charge < -0.3 is 4.74 Å². The van der Waals surface area contributed by atoms with Gasteiger partial charge in [0.15, 0.2) is 0 Å². The summed E-state index contributed by atoms with van der Waals surface area (Å²) >= 11 is 0. The quantitative estimate of drug-likeness (QED) is 0.785. The van der Waals surface area contributed by atoms with Crippen molar-refractivity contribution in [3.63, 3.8) is 0 Å². The number of ether oxygens (including phenoxy) is 1. The molecule has 0 bridgehead atoms. The summed E-state index contributed by atoms with van der Waals surface area (Å²) in [7, 11) is 0. The molecule has 0 unspecified atom stereocenters. The van der Waals surface area contributed by atoms with Crippen LogP contribution in [0.3, 0.4) is 0 Å². The Morgan fingerprint density at radius 1 is 1.22 bits per heavy atom. The molecule has 0 aromatic heterocycles. The molecule has 0 N–H and O–H groups in total. The molecule has 2 fully saturated rings. The molecule has 2 heteroatoms. The van der Waals surface area contributed by atoms with Gasteiger partial charge in [-0.1, -0.05) is 0 Å². The number of hydrogen-bond acceptors (Lipinski definition) is 2. The Kier molecular flexibility index (Phi) is 2.78. The third kappa shape index (κ3) is 2.22. The van der Waals surface area contributed by atoms with E-state index < -0.39 is 0 Å². The van der Waals surface area contributed by atoms with Gasteiger partial charge in [-0.25, -0.2) is 0 Å². The van der Waals surface area contributed by atoms with Gasteiger partial charge in [0, 0.05) is 0 Å². The number of nitriles is 1. The van der Waals surface area contributed by atoms with Crippen molar-refractivity contribution in [2.75, 3.05) is 0 Å². The Bertz CT molecular complexity index is 486. The fourth-order valence-electron chi connectivity index (χ4n) is 3.03. The van der Waals surface area contributed by atoms with Crippen LogP contribution in [-0.4, -0.2) is 6.10 Å². The predicted octanol–water partition coefficient (Wildman–Crippen LogP) is 3.97. The van der Waals surface area contributed by atoms with Gasteiger partial charge in [0.1, 0.15) is 5.75 Å². The van der Waals surface area contributed by atoms with Crippen LogP contribution in [0, 0.1) is 23.7 Å². The Hall–Kier alpha value is -1.49. The fourth-order valence-corrected chi connectivity index (χ4v) is 3.03. The minimum absolute atomic E-state index is 0.378. The summed E-state index contributed by atoms with van der Waals surface area (Å²) in [6.45, 7) is 1.96. The van der Waals surface area contributed by atoms with Crippen LogP contribution in [-0.2, 0) is 0 Å². The fraction of sp³-hybridized carbons (Fsp3) is 0.562. The van der Waals surface area contributed by atoms with Gasteiger partial charge in [0.25, 0.3) is 0 Å². The van der Waals surface area contributed by atoms with Gasteiger partial charge in [-0.2, -0.15) is 5.26 Å². The van der Waals surface area contributed by atoms with E-state index in [0.29, 0.717) is 6.10 Å². The highest BCUT2D eigenvalue weighted by Crippen LogP contribution is 2.56. The molecule has 0 heterocycles. The Balaban J connectivity index is 1.63. The van der Waals surface area contributed by atoms with Crippen LogP contribution >= 0.6 is 0 Å². The highest BCUT2D eigenvalue weighted by atomic mass is 16.5. The maximum absolute atomic E-state index is 8.90. The smallest absolute Gasteiger partial charge is 0.120 e. The summed E-state index contributed by atoms with van der Waals surface area (Å²) in [6.07, 6.45) is 8.33. The first-order chi connectivity index (χ1) is 8.71. The van der Waals surface area contributed by atoms with E-state index >= 15 is 0 Å². The molecule has 0 saturated heterocycles. The lowest BCUT2D eigenvalue weighted by Gasteiger charge is -2.29. The largest absolute Gasteiger partial charge is 0.490 e. The van der Waals surface area contributed by atoms with Crippen LogP contribution < -0.4 is 4.74 Å². The van der Waals surface area contributed by atoms with E-state index in [0.717, 1.165) is 22.3 Å². The Morgan fingerprint density at radius 2 is 1.94 bits per heavy atom. The maximum Gasteiger partial charge on any atom is 0.120 e. The van der Waals surface area contributed by atoms with Crippen molar-refractivity contribution in [1.29, 1.82) is 5.26 Å². The lowest BCUT2D eigenvalue weighted by molar-refractivity contribution is 0.124. The highest BCUT2D eigenvalue weighted by molar-refractivity contribution is 5.41. The van der Waals surface area contributed by atoms with Crippen LogP contribution in [0.1, 0.15) is 49.7 Å². The maximum atomic E-state index is 8.90. The summed E-state index contributed by atoms with van der Waals surface area (Å²) in [4.78, 5) is 0. The van der Waals surface area contributed by atoms with E-state index in [2.05, 4.69) is 6.07 Å². The number of benzene rings is 1. The summed E-state index contributed by atoms with van der Waals surface area (Å²) in [5, 5.41) is 8.90. The predicted molar refractivity (Wildman–Crippen MR) is 70.4 cm³/mol. The number of rotatable bonds is 2. The molecule has 0 atom stereocenters. The Labute approximate surface area is 109 Å². The molecule has 1 spiro atoms. The topological polar surface area (TPSA) is 33.0 Å². The van der Waals surface area contributed by atoms with Crippen molar-refractivity contribution in [3.8, 4) is 11.8 Å². The second-order valence-electron chi connectivity index (χ2n) is 5.91. The zero-order valence-electron chi connectivity index (χ0n) is 10.9. The zero-order chi connectivity index (χ0) is 12.6. The molecule has 2 saturated carbocycles. The van der Waals surface area contributed by atoms with Crippen molar-refractivity contribution < 1.29 is 4.74 Å². The minimum Gasteiger partial charge on any atom is -0.490 e. The first-order valence-corrected chi connectivity index (χ1v) is 6.88. The summed E-state index contributed by atoms with van der Waals surface area (Å²) in [5.41, 5.74) is 2.47. The van der Waals surface area contributed by atoms with Crippen molar-refractivity contribution >= 4 is 0 Å². The molecule has 2 aliphatic carbocycles. The van der Waals surface area contributed by atoms with E-state index in [9.17, 15) is 0 Å². The number of hydrogen-bond donors (Lipinski definition) is 0. The minimum atomic E-state index is 0.378. The average molecular weight is 241 g/mol. The first-order valence-electron chi connectivity index (χ1n) is 6.88. The van der Waals surface area contributed by atoms with Gasteiger partial charge >= 0.3 is 0 Å². The number of aryl methyl sites for hydroxylation is 1. The molecular weight excluding hydrogens is 222 g/mol. The molecule has 3 rings (SSSR count). The van der Waals surface area contributed by atoms with E-state index in [1.54, 1.807) is 0 Å². The van der Waals surface area contributed by atoms with E-state index in [4.69, 9.17) is 10.00 Å². The molecule has 18 heavy (non-hydrogen) atoms. The molecule has 0 aliphatic heterocycles. The van der Waals surface area contributed by atoms with Crippen molar-refractivity contribution in [2.45, 2.75) is 51.6 Å². The van der Waals surface area contributed by atoms with Crippen LogP contribution in [0.15, 0.2) is 18.2 Å². The summed E-state index contributed by atoms with van der Waals surface area (Å²) in [6, 6.07) is 7.96. The molecule has 94 valence electrons. The van der Waals surface area contributed by atoms with Gasteiger partial charge in [-0.05, 0) is 74.6 Å². The van der Waals surface area contributed by atoms with Gasteiger partial charge in [0.05, 0.1) is 17.7 Å². The molecule has 0 amide bonds. The summed E-state index contributed by atoms with van der Waals surface area (Å²) < 4.78 is 6.05. The zero-order valence-corrected chi connectivity index (χ0v) is 10.9. The van der Waals surface area contributed by atoms with Gasteiger partial charge in [-0.15, -0.1) is 0 Å². The van der Waals surface area contributed by atoms with Crippen molar-refractivity contribution in [3.05, 3.63) is 29.3 Å². The van der Waals surface area contributed by atoms with Crippen LogP contribution in [0.2, 0.25) is 0 Å². The lowest BCUT2D eigenvalue weighted by atomic mass is 9.85. The molecule has 1 aromatic carbocycles. The van der Waals surface area contributed by atoms with Crippen LogP contribution in [0.5, 0.6) is 5.75 Å². The van der Waals surface area contributed by atoms with E-state index in [1.165, 1.54) is 38.5 Å². The van der Waals surface area contributed by atoms with E-state index in [-0.39, 0.29) is 0 Å². The molecule has 1 aromatic rings. The first kappa shape index (κ1) is 11.6. The third-order valence-electron chi connectivity index (χ3n) is 4.57. The second kappa shape index (κ2) is 4.31. The van der Waals surface area contributed by atoms with Crippen molar-refractivity contribution in [1.82, 2.24) is 0 Å². The normalized spacial score (nSPS) is 21.6. The van der Waals surface area contributed by atoms with Crippen LogP contribution in [0.4, 0.5) is 0 Å². The molecule has 2 nitrogen and oxygen atoms in total. The van der Waals surface area contributed by atoms with Gasteiger partial charge in [0.2, 0.25) is 0 Å². The van der Waals surface area contributed by atoms with Crippen LogP contribution in [0.25, 0.3) is 0 Å².